The van der Waals surface area contributed by atoms with Gasteiger partial charge in [0.15, 0.2) is 0 Å². The molecular weight excluding hydrogens is 368 g/mol. The zero-order valence-corrected chi connectivity index (χ0v) is 15.5. The number of carbonyl (C=O) groups excluding carboxylic acids is 1. The summed E-state index contributed by atoms with van der Waals surface area (Å²) in [5.74, 6) is -0.447. The van der Waals surface area contributed by atoms with Crippen molar-refractivity contribution in [1.82, 2.24) is 4.98 Å². The third-order valence-corrected chi connectivity index (χ3v) is 5.09. The van der Waals surface area contributed by atoms with Crippen molar-refractivity contribution in [2.75, 3.05) is 6.61 Å². The Morgan fingerprint density at radius 3 is 2.68 bits per heavy atom. The van der Waals surface area contributed by atoms with E-state index in [9.17, 15) is 13.6 Å². The molecule has 0 N–H and O–H groups in total. The maximum absolute atomic E-state index is 12.3. The molecule has 1 heterocycles. The Morgan fingerprint density at radius 2 is 2.00 bits per heavy atom. The number of hydrogen-bond donors (Lipinski definition) is 0. The number of esters is 1. The SMILES string of the molecule is CC(CCCCOC(=O)c1sc(-c2ccccc2Cl)nc1C)=C(F)F. The molecule has 0 aliphatic heterocycles. The summed E-state index contributed by atoms with van der Waals surface area (Å²) in [5, 5.41) is 1.23. The number of aryl methyl sites for hydroxylation is 1. The van der Waals surface area contributed by atoms with E-state index in [1.807, 2.05) is 18.2 Å². The minimum absolute atomic E-state index is 0.0778. The van der Waals surface area contributed by atoms with Gasteiger partial charge in [-0.25, -0.2) is 9.78 Å². The van der Waals surface area contributed by atoms with Crippen LogP contribution in [0.25, 0.3) is 10.6 Å². The predicted molar refractivity (Wildman–Crippen MR) is 96.3 cm³/mol. The van der Waals surface area contributed by atoms with Crippen molar-refractivity contribution in [2.24, 2.45) is 0 Å². The van der Waals surface area contributed by atoms with Gasteiger partial charge < -0.3 is 4.74 Å². The summed E-state index contributed by atoms with van der Waals surface area (Å²) in [6.07, 6.45) is -0.255. The molecule has 25 heavy (non-hydrogen) atoms. The lowest BCUT2D eigenvalue weighted by atomic mass is 10.1. The van der Waals surface area contributed by atoms with Crippen LogP contribution in [0.1, 0.15) is 41.6 Å². The molecule has 1 aromatic carbocycles. The van der Waals surface area contributed by atoms with Crippen molar-refractivity contribution >= 4 is 28.9 Å². The topological polar surface area (TPSA) is 39.2 Å². The second kappa shape index (κ2) is 9.06. The van der Waals surface area contributed by atoms with E-state index in [1.165, 1.54) is 18.3 Å². The monoisotopic (exact) mass is 385 g/mol. The summed E-state index contributed by atoms with van der Waals surface area (Å²) >= 11 is 7.39. The first-order valence-electron chi connectivity index (χ1n) is 7.80. The van der Waals surface area contributed by atoms with E-state index in [1.54, 1.807) is 13.0 Å². The van der Waals surface area contributed by atoms with Crippen molar-refractivity contribution in [3.05, 3.63) is 51.5 Å². The lowest BCUT2D eigenvalue weighted by Gasteiger charge is -2.04. The van der Waals surface area contributed by atoms with E-state index < -0.39 is 12.0 Å². The Balaban J connectivity index is 1.93. The lowest BCUT2D eigenvalue weighted by Crippen LogP contribution is -2.06. The van der Waals surface area contributed by atoms with Gasteiger partial charge in [0.1, 0.15) is 9.88 Å². The van der Waals surface area contributed by atoms with Crippen LogP contribution in [0, 0.1) is 6.92 Å². The molecule has 1 aromatic heterocycles. The molecule has 0 aliphatic carbocycles. The van der Waals surface area contributed by atoms with Crippen molar-refractivity contribution in [3.63, 3.8) is 0 Å². The van der Waals surface area contributed by atoms with Gasteiger partial charge in [-0.3, -0.25) is 0 Å². The van der Waals surface area contributed by atoms with Crippen LogP contribution < -0.4 is 0 Å². The first-order chi connectivity index (χ1) is 11.9. The highest BCUT2D eigenvalue weighted by molar-refractivity contribution is 7.17. The molecule has 0 spiro atoms. The van der Waals surface area contributed by atoms with Crippen molar-refractivity contribution in [1.29, 1.82) is 0 Å². The molecule has 0 unspecified atom stereocenters. The van der Waals surface area contributed by atoms with Gasteiger partial charge in [-0.05, 0) is 44.7 Å². The van der Waals surface area contributed by atoms with Crippen LogP contribution in [-0.2, 0) is 4.74 Å². The van der Waals surface area contributed by atoms with Crippen LogP contribution in [0.4, 0.5) is 8.78 Å². The number of nitrogens with zero attached hydrogens (tertiary/aromatic N) is 1. The van der Waals surface area contributed by atoms with Crippen LogP contribution in [0.5, 0.6) is 0 Å². The van der Waals surface area contributed by atoms with Crippen LogP contribution in [0.2, 0.25) is 5.02 Å². The Kier molecular flexibility index (Phi) is 7.08. The normalized spacial score (nSPS) is 10.6. The molecule has 0 radical (unpaired) electrons. The van der Waals surface area contributed by atoms with E-state index in [2.05, 4.69) is 4.98 Å². The van der Waals surface area contributed by atoms with Gasteiger partial charge in [0, 0.05) is 5.56 Å². The number of carbonyl (C=O) groups is 1. The third kappa shape index (κ3) is 5.34. The number of hydrogen-bond acceptors (Lipinski definition) is 4. The predicted octanol–water partition coefficient (Wildman–Crippen LogP) is 6.27. The average Bonchev–Trinajstić information content (AvgIpc) is 2.96. The molecule has 0 aliphatic rings. The van der Waals surface area contributed by atoms with Crippen LogP contribution in [0.15, 0.2) is 35.9 Å². The highest BCUT2D eigenvalue weighted by Crippen LogP contribution is 2.33. The highest BCUT2D eigenvalue weighted by Gasteiger charge is 2.18. The molecule has 0 bridgehead atoms. The summed E-state index contributed by atoms with van der Waals surface area (Å²) in [7, 11) is 0. The van der Waals surface area contributed by atoms with E-state index in [-0.39, 0.29) is 12.2 Å². The Labute approximate surface area is 154 Å². The summed E-state index contributed by atoms with van der Waals surface area (Å²) in [6, 6.07) is 7.29. The van der Waals surface area contributed by atoms with E-state index in [0.717, 1.165) is 5.56 Å². The minimum atomic E-state index is -1.63. The quantitative estimate of drug-likeness (QED) is 0.416. The summed E-state index contributed by atoms with van der Waals surface area (Å²) in [5.41, 5.74) is 1.43. The Morgan fingerprint density at radius 1 is 1.28 bits per heavy atom. The smallest absolute Gasteiger partial charge is 0.350 e. The largest absolute Gasteiger partial charge is 0.461 e. The summed E-state index contributed by atoms with van der Waals surface area (Å²) in [6.45, 7) is 3.34. The summed E-state index contributed by atoms with van der Waals surface area (Å²) < 4.78 is 29.8. The fourth-order valence-corrected chi connectivity index (χ4v) is 3.43. The van der Waals surface area contributed by atoms with Gasteiger partial charge in [0.25, 0.3) is 6.08 Å². The third-order valence-electron chi connectivity index (χ3n) is 3.59. The number of rotatable bonds is 7. The highest BCUT2D eigenvalue weighted by atomic mass is 35.5. The Bertz CT molecular complexity index is 785. The molecule has 2 rings (SSSR count). The first-order valence-corrected chi connectivity index (χ1v) is 8.99. The second-order valence-electron chi connectivity index (χ2n) is 5.55. The van der Waals surface area contributed by atoms with Gasteiger partial charge >= 0.3 is 5.97 Å². The van der Waals surface area contributed by atoms with Gasteiger partial charge in [0.05, 0.1) is 17.3 Å². The van der Waals surface area contributed by atoms with Gasteiger partial charge in [-0.1, -0.05) is 29.8 Å². The second-order valence-corrected chi connectivity index (χ2v) is 6.95. The number of halogens is 3. The zero-order chi connectivity index (χ0) is 18.4. The molecule has 3 nitrogen and oxygen atoms in total. The van der Waals surface area contributed by atoms with E-state index in [0.29, 0.717) is 39.9 Å². The van der Waals surface area contributed by atoms with Crippen LogP contribution in [0.3, 0.4) is 0 Å². The maximum Gasteiger partial charge on any atom is 0.350 e. The molecule has 0 amide bonds. The molecule has 2 aromatic rings. The molecular formula is C18H18ClF2NO2S. The average molecular weight is 386 g/mol. The summed E-state index contributed by atoms with van der Waals surface area (Å²) in [4.78, 5) is 17.0. The number of aromatic nitrogens is 1. The molecule has 0 saturated heterocycles. The van der Waals surface area contributed by atoms with Crippen molar-refractivity contribution in [3.8, 4) is 10.6 Å². The van der Waals surface area contributed by atoms with Crippen molar-refractivity contribution < 1.29 is 18.3 Å². The van der Waals surface area contributed by atoms with Gasteiger partial charge in [-0.15, -0.1) is 11.3 Å². The van der Waals surface area contributed by atoms with E-state index >= 15 is 0 Å². The molecule has 0 atom stereocenters. The van der Waals surface area contributed by atoms with Crippen LogP contribution in [-0.4, -0.2) is 17.6 Å². The number of allylic oxidation sites excluding steroid dienone is 1. The molecule has 0 saturated carbocycles. The number of unbranched alkanes of at least 4 members (excludes halogenated alkanes) is 1. The minimum Gasteiger partial charge on any atom is -0.461 e. The number of ether oxygens (including phenoxy) is 1. The van der Waals surface area contributed by atoms with Gasteiger partial charge in [-0.2, -0.15) is 8.78 Å². The first kappa shape index (κ1) is 19.5. The lowest BCUT2D eigenvalue weighted by molar-refractivity contribution is 0.0503. The number of benzene rings is 1. The fourth-order valence-electron chi connectivity index (χ4n) is 2.15. The molecule has 7 heteroatoms. The number of thiazole rings is 1. The van der Waals surface area contributed by atoms with E-state index in [4.69, 9.17) is 16.3 Å². The zero-order valence-electron chi connectivity index (χ0n) is 13.9. The fraction of sp³-hybridized carbons (Fsp3) is 0.333. The standard InChI is InChI=1S/C18H18ClF2NO2S/c1-11(16(20)21)7-5-6-10-24-18(23)15-12(2)22-17(25-15)13-8-3-4-9-14(13)19/h3-4,8-9H,5-7,10H2,1-2H3. The molecule has 0 fully saturated rings. The van der Waals surface area contributed by atoms with Crippen molar-refractivity contribution in [2.45, 2.75) is 33.1 Å². The van der Waals surface area contributed by atoms with Gasteiger partial charge in [0.2, 0.25) is 0 Å². The van der Waals surface area contributed by atoms with Crippen LogP contribution >= 0.6 is 22.9 Å². The molecule has 134 valence electrons. The Hall–Kier alpha value is -1.79. The maximum atomic E-state index is 12.3.